The van der Waals surface area contributed by atoms with Gasteiger partial charge in [0, 0.05) is 0 Å². The number of nitrogens with zero attached hydrogens (tertiary/aromatic N) is 2. The van der Waals surface area contributed by atoms with E-state index in [2.05, 4.69) is 28.3 Å². The largest absolute Gasteiger partial charge is 0.503 e. The average molecular weight is 410 g/mol. The van der Waals surface area contributed by atoms with Crippen molar-refractivity contribution in [1.29, 1.82) is 0 Å². The lowest BCUT2D eigenvalue weighted by atomic mass is 10.1. The van der Waals surface area contributed by atoms with Crippen molar-refractivity contribution in [1.82, 2.24) is 5.43 Å². The highest BCUT2D eigenvalue weighted by Gasteiger charge is 2.12. The highest BCUT2D eigenvalue weighted by molar-refractivity contribution is 8.11. The van der Waals surface area contributed by atoms with Gasteiger partial charge in [0.15, 0.2) is 0 Å². The molecule has 146 valence electrons. The minimum Gasteiger partial charge on any atom is -0.503 e. The molecule has 0 aliphatic rings. The third-order valence-electron chi connectivity index (χ3n) is 3.34. The van der Waals surface area contributed by atoms with Crippen LogP contribution in [0.2, 0.25) is 0 Å². The van der Waals surface area contributed by atoms with Crippen LogP contribution in [-0.2, 0) is 25.7 Å². The van der Waals surface area contributed by atoms with Crippen LogP contribution in [0.15, 0.2) is 40.8 Å². The molecule has 1 aromatic carbocycles. The van der Waals surface area contributed by atoms with E-state index in [9.17, 15) is 4.79 Å². The molecule has 27 heavy (non-hydrogen) atoms. The smallest absolute Gasteiger partial charge is 0.341 e. The van der Waals surface area contributed by atoms with E-state index in [1.165, 1.54) is 20.5 Å². The van der Waals surface area contributed by atoms with E-state index >= 15 is 0 Å². The number of carbonyl (C=O) groups excluding carboxylic acids is 1. The molecule has 0 bridgehead atoms. The minimum absolute atomic E-state index is 0.278. The number of rotatable bonds is 10. The summed E-state index contributed by atoms with van der Waals surface area (Å²) in [4.78, 5) is 17.1. The average Bonchev–Trinajstić information content (AvgIpc) is 2.65. The van der Waals surface area contributed by atoms with Crippen molar-refractivity contribution in [2.45, 2.75) is 20.5 Å². The van der Waals surface area contributed by atoms with E-state index in [0.29, 0.717) is 33.3 Å². The summed E-state index contributed by atoms with van der Waals surface area (Å²) in [6.45, 7) is 4.28. The number of oxime groups is 1. The normalized spacial score (nSPS) is 12.4. The molecule has 0 saturated carbocycles. The van der Waals surface area contributed by atoms with Crippen molar-refractivity contribution >= 4 is 52.0 Å². The lowest BCUT2D eigenvalue weighted by molar-refractivity contribution is -0.133. The van der Waals surface area contributed by atoms with E-state index in [1.54, 1.807) is 19.1 Å². The molecule has 0 spiro atoms. The molecular weight excluding hydrogens is 386 g/mol. The maximum Gasteiger partial charge on any atom is 0.341 e. The lowest BCUT2D eigenvalue weighted by Crippen LogP contribution is -2.17. The zero-order valence-electron chi connectivity index (χ0n) is 15.7. The second-order valence-electron chi connectivity index (χ2n) is 5.33. The summed E-state index contributed by atoms with van der Waals surface area (Å²) < 4.78 is 10.2. The zero-order valence-corrected chi connectivity index (χ0v) is 17.4. The van der Waals surface area contributed by atoms with Crippen molar-refractivity contribution in [2.24, 2.45) is 10.3 Å². The van der Waals surface area contributed by atoms with Crippen molar-refractivity contribution in [3.05, 3.63) is 41.7 Å². The fourth-order valence-electron chi connectivity index (χ4n) is 1.82. The second kappa shape index (κ2) is 12.1. The lowest BCUT2D eigenvalue weighted by Gasteiger charge is -2.07. The maximum absolute atomic E-state index is 11.8. The van der Waals surface area contributed by atoms with E-state index in [4.69, 9.17) is 26.5 Å². The molecule has 0 atom stereocenters. The Labute approximate surface area is 169 Å². The number of nitrogens with one attached hydrogen (secondary N) is 1. The number of thiocarbonyl (C=S) groups is 1. The van der Waals surface area contributed by atoms with Crippen LogP contribution in [0.5, 0.6) is 0 Å². The van der Waals surface area contributed by atoms with Gasteiger partial charge in [0.2, 0.25) is 0 Å². The zero-order chi connectivity index (χ0) is 20.2. The van der Waals surface area contributed by atoms with Crippen LogP contribution in [0.4, 0.5) is 0 Å². The maximum atomic E-state index is 11.8. The molecule has 0 aromatic heterocycles. The van der Waals surface area contributed by atoms with Gasteiger partial charge in [-0.05, 0) is 25.0 Å². The number of carbonyl (C=O) groups is 1. The Morgan fingerprint density at radius 2 is 1.89 bits per heavy atom. The van der Waals surface area contributed by atoms with E-state index in [-0.39, 0.29) is 6.61 Å². The van der Waals surface area contributed by atoms with Crippen LogP contribution in [0.1, 0.15) is 25.0 Å². The molecule has 1 aromatic rings. The molecule has 0 fully saturated rings. The first-order valence-electron chi connectivity index (χ1n) is 7.95. The van der Waals surface area contributed by atoms with Crippen molar-refractivity contribution in [2.75, 3.05) is 20.8 Å². The fraction of sp³-hybridized carbons (Fsp3) is 0.333. The summed E-state index contributed by atoms with van der Waals surface area (Å²) >= 11 is 8.85. The molecule has 0 unspecified atom stereocenters. The summed E-state index contributed by atoms with van der Waals surface area (Å²) in [6.07, 6.45) is 1.35. The molecule has 0 heterocycles. The number of esters is 1. The summed E-state index contributed by atoms with van der Waals surface area (Å²) in [7, 11) is 2.79. The van der Waals surface area contributed by atoms with Gasteiger partial charge < -0.3 is 19.7 Å². The van der Waals surface area contributed by atoms with Gasteiger partial charge in [0.05, 0.1) is 42.6 Å². The van der Waals surface area contributed by atoms with Crippen molar-refractivity contribution in [3.63, 3.8) is 0 Å². The number of ether oxygens (including phenoxy) is 2. The topological polar surface area (TPSA) is 81.5 Å². The SMILES string of the molecule is COC=C(C(=O)OC)c1ccc(CON=C(C)C(C)=NNCC(=S)S)cc1. The Kier molecular flexibility index (Phi) is 10.1. The number of thiol groups is 1. The van der Waals surface area contributed by atoms with Gasteiger partial charge in [-0.15, -0.1) is 12.6 Å². The van der Waals surface area contributed by atoms with Gasteiger partial charge >= 0.3 is 5.97 Å². The highest BCUT2D eigenvalue weighted by atomic mass is 32.1. The predicted molar refractivity (Wildman–Crippen MR) is 114 cm³/mol. The van der Waals surface area contributed by atoms with Crippen molar-refractivity contribution < 1.29 is 19.1 Å². The van der Waals surface area contributed by atoms with Gasteiger partial charge in [0.1, 0.15) is 12.2 Å². The molecule has 0 aliphatic heterocycles. The number of hydrazone groups is 1. The van der Waals surface area contributed by atoms with E-state index in [0.717, 1.165) is 5.56 Å². The van der Waals surface area contributed by atoms with Gasteiger partial charge in [0.25, 0.3) is 0 Å². The summed E-state index contributed by atoms with van der Waals surface area (Å²) in [6, 6.07) is 7.24. The number of benzene rings is 1. The molecule has 1 N–H and O–H groups in total. The fourth-order valence-corrected chi connectivity index (χ4v) is 1.95. The first-order valence-corrected chi connectivity index (χ1v) is 8.81. The number of methoxy groups -OCH3 is 2. The molecule has 0 aliphatic carbocycles. The summed E-state index contributed by atoms with van der Waals surface area (Å²) in [5.41, 5.74) is 6.03. The monoisotopic (exact) mass is 409 g/mol. The van der Waals surface area contributed by atoms with Gasteiger partial charge in [-0.1, -0.05) is 41.6 Å². The minimum atomic E-state index is -0.469. The van der Waals surface area contributed by atoms with Crippen LogP contribution in [0.3, 0.4) is 0 Å². The highest BCUT2D eigenvalue weighted by Crippen LogP contribution is 2.17. The van der Waals surface area contributed by atoms with Gasteiger partial charge in [-0.25, -0.2) is 4.79 Å². The standard InChI is InChI=1S/C18H23N3O4S2/c1-12(20-19-9-17(26)27)13(2)21-25-10-14-5-7-15(8-6-14)16(11-23-3)18(22)24-4/h5-8,11,19H,9-10H2,1-4H3,(H,26,27). The van der Waals surface area contributed by atoms with Crippen LogP contribution in [0, 0.1) is 0 Å². The quantitative estimate of drug-likeness (QED) is 0.118. The molecule has 1 rings (SSSR count). The Hall–Kier alpha value is -2.39. The summed E-state index contributed by atoms with van der Waals surface area (Å²) in [5.74, 6) is -0.469. The van der Waals surface area contributed by atoms with Crippen LogP contribution in [0.25, 0.3) is 5.57 Å². The number of hydrogen-bond acceptors (Lipinski definition) is 8. The third kappa shape index (κ3) is 8.23. The third-order valence-corrected chi connectivity index (χ3v) is 3.64. The van der Waals surface area contributed by atoms with Crippen molar-refractivity contribution in [3.8, 4) is 0 Å². The molecule has 0 radical (unpaired) electrons. The van der Waals surface area contributed by atoms with Crippen LogP contribution >= 0.6 is 24.8 Å². The Morgan fingerprint density at radius 3 is 2.44 bits per heavy atom. The molecule has 9 heteroatoms. The van der Waals surface area contributed by atoms with E-state index in [1.807, 2.05) is 19.1 Å². The first-order chi connectivity index (χ1) is 12.9. The predicted octanol–water partition coefficient (Wildman–Crippen LogP) is 2.96. The Bertz CT molecular complexity index is 743. The van der Waals surface area contributed by atoms with Crippen LogP contribution < -0.4 is 5.43 Å². The second-order valence-corrected chi connectivity index (χ2v) is 6.67. The van der Waals surface area contributed by atoms with Gasteiger partial charge in [-0.2, -0.15) is 5.10 Å². The summed E-state index contributed by atoms with van der Waals surface area (Å²) in [5, 5.41) is 8.15. The first kappa shape index (κ1) is 22.7. The van der Waals surface area contributed by atoms with Gasteiger partial charge in [-0.3, -0.25) is 0 Å². The molecular formula is C18H23N3O4S2. The Morgan fingerprint density at radius 1 is 1.22 bits per heavy atom. The molecule has 0 amide bonds. The van der Waals surface area contributed by atoms with E-state index < -0.39 is 5.97 Å². The molecule has 0 saturated heterocycles. The molecule has 7 nitrogen and oxygen atoms in total. The number of hydrogen-bond donors (Lipinski definition) is 2. The Balaban J connectivity index is 2.67. The van der Waals surface area contributed by atoms with Crippen LogP contribution in [-0.4, -0.2) is 42.4 Å².